The van der Waals surface area contributed by atoms with Gasteiger partial charge < -0.3 is 15.3 Å². The van der Waals surface area contributed by atoms with E-state index in [0.29, 0.717) is 9.95 Å². The summed E-state index contributed by atoms with van der Waals surface area (Å²) in [5.41, 5.74) is -0.210. The fourth-order valence-corrected chi connectivity index (χ4v) is 1.55. The summed E-state index contributed by atoms with van der Waals surface area (Å²) in [7, 11) is 0. The highest BCUT2D eigenvalue weighted by atomic mass is 16.4. The van der Waals surface area contributed by atoms with Gasteiger partial charge in [-0.3, -0.25) is 0 Å². The SMILES string of the molecule is O=C(O)c1cc2ccc(O)cc2n1C(=O)O. The number of benzene rings is 1. The van der Waals surface area contributed by atoms with E-state index in [-0.39, 0.29) is 17.0 Å². The summed E-state index contributed by atoms with van der Waals surface area (Å²) < 4.78 is 0.622. The third-order valence-corrected chi connectivity index (χ3v) is 2.20. The van der Waals surface area contributed by atoms with Crippen LogP contribution in [0.15, 0.2) is 24.3 Å². The number of nitrogens with zero attached hydrogens (tertiary/aromatic N) is 1. The minimum atomic E-state index is -1.40. The number of hydrogen-bond acceptors (Lipinski definition) is 3. The minimum absolute atomic E-state index is 0.120. The van der Waals surface area contributed by atoms with E-state index < -0.39 is 12.1 Å². The van der Waals surface area contributed by atoms with Crippen molar-refractivity contribution in [1.29, 1.82) is 0 Å². The second kappa shape index (κ2) is 3.27. The average molecular weight is 221 g/mol. The first kappa shape index (κ1) is 10.0. The van der Waals surface area contributed by atoms with Gasteiger partial charge in [0.15, 0.2) is 0 Å². The van der Waals surface area contributed by atoms with Gasteiger partial charge in [-0.05, 0) is 18.2 Å². The van der Waals surface area contributed by atoms with Crippen LogP contribution in [0, 0.1) is 0 Å². The summed E-state index contributed by atoms with van der Waals surface area (Å²) in [5, 5.41) is 27.4. The van der Waals surface area contributed by atoms with Crippen LogP contribution in [0.3, 0.4) is 0 Å². The molecule has 0 amide bonds. The first-order chi connectivity index (χ1) is 7.50. The largest absolute Gasteiger partial charge is 0.508 e. The molecule has 0 spiro atoms. The zero-order valence-electron chi connectivity index (χ0n) is 7.91. The molecular weight excluding hydrogens is 214 g/mol. The maximum atomic E-state index is 10.9. The number of carboxylic acids is 1. The second-order valence-corrected chi connectivity index (χ2v) is 3.20. The van der Waals surface area contributed by atoms with Crippen molar-refractivity contribution in [3.63, 3.8) is 0 Å². The Morgan fingerprint density at radius 1 is 1.12 bits per heavy atom. The van der Waals surface area contributed by atoms with Crippen LogP contribution in [0.1, 0.15) is 10.5 Å². The predicted octanol–water partition coefficient (Wildman–Crippen LogP) is 1.57. The number of fused-ring (bicyclic) bond motifs is 1. The summed E-state index contributed by atoms with van der Waals surface area (Å²) in [5.74, 6) is -1.46. The lowest BCUT2D eigenvalue weighted by atomic mass is 10.2. The van der Waals surface area contributed by atoms with Crippen molar-refractivity contribution in [2.45, 2.75) is 0 Å². The van der Waals surface area contributed by atoms with Gasteiger partial charge in [0.2, 0.25) is 0 Å². The molecule has 82 valence electrons. The Hall–Kier alpha value is -2.50. The number of carboxylic acid groups (broad SMARTS) is 2. The fraction of sp³-hybridized carbons (Fsp3) is 0. The summed E-state index contributed by atoms with van der Waals surface area (Å²) in [4.78, 5) is 21.8. The molecule has 1 heterocycles. The van der Waals surface area contributed by atoms with Gasteiger partial charge in [0.25, 0.3) is 0 Å². The van der Waals surface area contributed by atoms with E-state index in [0.717, 1.165) is 0 Å². The monoisotopic (exact) mass is 221 g/mol. The van der Waals surface area contributed by atoms with E-state index in [4.69, 9.17) is 10.2 Å². The molecule has 6 heteroatoms. The van der Waals surface area contributed by atoms with E-state index in [2.05, 4.69) is 0 Å². The topological polar surface area (TPSA) is 99.8 Å². The Morgan fingerprint density at radius 2 is 1.81 bits per heavy atom. The molecule has 0 fully saturated rings. The highest BCUT2D eigenvalue weighted by Gasteiger charge is 2.19. The molecule has 0 aliphatic carbocycles. The van der Waals surface area contributed by atoms with Crippen molar-refractivity contribution in [3.05, 3.63) is 30.0 Å². The standard InChI is InChI=1S/C10H7NO5/c12-6-2-1-5-3-8(9(13)14)11(10(15)16)7(5)4-6/h1-4,12H,(H,13,14)(H,15,16). The number of carbonyl (C=O) groups is 2. The van der Waals surface area contributed by atoms with Gasteiger partial charge in [-0.25, -0.2) is 14.2 Å². The average Bonchev–Trinajstić information content (AvgIpc) is 2.55. The van der Waals surface area contributed by atoms with Gasteiger partial charge in [-0.2, -0.15) is 0 Å². The summed E-state index contributed by atoms with van der Waals surface area (Å²) in [6.07, 6.45) is -1.40. The molecule has 0 radical (unpaired) electrons. The van der Waals surface area contributed by atoms with E-state index in [1.165, 1.54) is 24.3 Å². The van der Waals surface area contributed by atoms with Crippen LogP contribution in [-0.4, -0.2) is 31.9 Å². The lowest BCUT2D eigenvalue weighted by molar-refractivity contribution is 0.0684. The number of phenolic OH excluding ortho intramolecular Hbond substituents is 1. The van der Waals surface area contributed by atoms with E-state index in [1.807, 2.05) is 0 Å². The molecule has 3 N–H and O–H groups in total. The normalized spacial score (nSPS) is 10.5. The number of phenols is 1. The van der Waals surface area contributed by atoms with Crippen LogP contribution in [-0.2, 0) is 0 Å². The van der Waals surface area contributed by atoms with Crippen LogP contribution < -0.4 is 0 Å². The van der Waals surface area contributed by atoms with Gasteiger partial charge in [0.1, 0.15) is 11.4 Å². The number of aromatic nitrogens is 1. The Kier molecular flexibility index (Phi) is 2.05. The van der Waals surface area contributed by atoms with Gasteiger partial charge in [-0.15, -0.1) is 0 Å². The maximum Gasteiger partial charge on any atom is 0.416 e. The van der Waals surface area contributed by atoms with Crippen molar-refractivity contribution in [3.8, 4) is 5.75 Å². The van der Waals surface area contributed by atoms with Crippen LogP contribution in [0.2, 0.25) is 0 Å². The quantitative estimate of drug-likeness (QED) is 0.678. The summed E-state index contributed by atoms with van der Waals surface area (Å²) >= 11 is 0. The highest BCUT2D eigenvalue weighted by Crippen LogP contribution is 2.23. The van der Waals surface area contributed by atoms with Crippen molar-refractivity contribution in [2.75, 3.05) is 0 Å². The Morgan fingerprint density at radius 3 is 2.38 bits per heavy atom. The Bertz CT molecular complexity index is 599. The van der Waals surface area contributed by atoms with Gasteiger partial charge in [0, 0.05) is 11.5 Å². The third kappa shape index (κ3) is 1.36. The van der Waals surface area contributed by atoms with Gasteiger partial charge in [0.05, 0.1) is 5.52 Å². The smallest absolute Gasteiger partial charge is 0.416 e. The second-order valence-electron chi connectivity index (χ2n) is 3.20. The molecule has 6 nitrogen and oxygen atoms in total. The van der Waals surface area contributed by atoms with Crippen LogP contribution in [0.4, 0.5) is 4.79 Å². The van der Waals surface area contributed by atoms with E-state index in [9.17, 15) is 14.7 Å². The Balaban J connectivity index is 2.88. The maximum absolute atomic E-state index is 10.9. The molecule has 16 heavy (non-hydrogen) atoms. The number of aromatic carboxylic acids is 1. The minimum Gasteiger partial charge on any atom is -0.508 e. The summed E-state index contributed by atoms with van der Waals surface area (Å²) in [6.45, 7) is 0. The Labute approximate surface area is 89.0 Å². The molecule has 0 saturated heterocycles. The predicted molar refractivity (Wildman–Crippen MR) is 54.0 cm³/mol. The number of rotatable bonds is 1. The molecular formula is C10H7NO5. The molecule has 0 atom stereocenters. The molecule has 0 unspecified atom stereocenters. The first-order valence-corrected chi connectivity index (χ1v) is 4.32. The molecule has 0 saturated carbocycles. The molecule has 1 aromatic carbocycles. The fourth-order valence-electron chi connectivity index (χ4n) is 1.55. The summed E-state index contributed by atoms with van der Waals surface area (Å²) in [6, 6.07) is 5.26. The highest BCUT2D eigenvalue weighted by molar-refractivity contribution is 6.00. The van der Waals surface area contributed by atoms with Gasteiger partial charge in [-0.1, -0.05) is 0 Å². The van der Waals surface area contributed by atoms with E-state index in [1.54, 1.807) is 0 Å². The number of aromatic hydroxyl groups is 1. The van der Waals surface area contributed by atoms with Gasteiger partial charge >= 0.3 is 12.1 Å². The zero-order chi connectivity index (χ0) is 11.9. The van der Waals surface area contributed by atoms with Crippen LogP contribution in [0.5, 0.6) is 5.75 Å². The molecule has 1 aromatic heterocycles. The van der Waals surface area contributed by atoms with Crippen molar-refractivity contribution in [2.24, 2.45) is 0 Å². The molecule has 0 aliphatic rings. The van der Waals surface area contributed by atoms with Crippen LogP contribution >= 0.6 is 0 Å². The lowest BCUT2D eigenvalue weighted by Crippen LogP contribution is -2.14. The number of hydrogen-bond donors (Lipinski definition) is 3. The lowest BCUT2D eigenvalue weighted by Gasteiger charge is -2.00. The molecule has 2 aromatic rings. The van der Waals surface area contributed by atoms with Crippen LogP contribution in [0.25, 0.3) is 10.9 Å². The van der Waals surface area contributed by atoms with Crippen molar-refractivity contribution >= 4 is 23.0 Å². The third-order valence-electron chi connectivity index (χ3n) is 2.20. The van der Waals surface area contributed by atoms with Crippen molar-refractivity contribution in [1.82, 2.24) is 4.57 Å². The zero-order valence-corrected chi connectivity index (χ0v) is 7.91. The van der Waals surface area contributed by atoms with E-state index >= 15 is 0 Å². The molecule has 0 bridgehead atoms. The molecule has 0 aliphatic heterocycles. The molecule has 2 rings (SSSR count). The van der Waals surface area contributed by atoms with Crippen molar-refractivity contribution < 1.29 is 24.9 Å². The first-order valence-electron chi connectivity index (χ1n) is 4.32.